The number of nitrogens with one attached hydrogen (secondary N) is 2. The SMILES string of the molecule is Cc1ccc(NC(=O)c2cnc(-c3ccc(Cl)cc3)[nH]c2=O)cc1. The number of aryl methyl sites for hydroxylation is 1. The van der Waals surface area contributed by atoms with Gasteiger partial charge in [0, 0.05) is 22.5 Å². The largest absolute Gasteiger partial charge is 0.322 e. The van der Waals surface area contributed by atoms with Crippen molar-refractivity contribution in [1.29, 1.82) is 0 Å². The van der Waals surface area contributed by atoms with Crippen LogP contribution in [-0.4, -0.2) is 15.9 Å². The summed E-state index contributed by atoms with van der Waals surface area (Å²) in [6, 6.07) is 14.2. The number of anilines is 1. The third-order valence-corrected chi connectivity index (χ3v) is 3.72. The molecule has 0 aliphatic heterocycles. The van der Waals surface area contributed by atoms with E-state index in [1.54, 1.807) is 36.4 Å². The molecule has 0 fully saturated rings. The molecule has 0 aliphatic rings. The van der Waals surface area contributed by atoms with Crippen molar-refractivity contribution in [3.05, 3.63) is 81.2 Å². The van der Waals surface area contributed by atoms with Gasteiger partial charge in [-0.25, -0.2) is 4.98 Å². The standard InChI is InChI=1S/C18H14ClN3O2/c1-11-2-8-14(9-3-11)21-17(23)15-10-20-16(22-18(15)24)12-4-6-13(19)7-5-12/h2-10H,1H3,(H,21,23)(H,20,22,24). The Labute approximate surface area is 143 Å². The van der Waals surface area contributed by atoms with Crippen molar-refractivity contribution in [3.8, 4) is 11.4 Å². The summed E-state index contributed by atoms with van der Waals surface area (Å²) in [4.78, 5) is 31.2. The van der Waals surface area contributed by atoms with E-state index in [0.717, 1.165) is 5.56 Å². The molecule has 0 unspecified atom stereocenters. The Kier molecular flexibility index (Phi) is 4.44. The Morgan fingerprint density at radius 3 is 2.38 bits per heavy atom. The number of H-pyrrole nitrogens is 1. The van der Waals surface area contributed by atoms with Crippen molar-refractivity contribution in [2.45, 2.75) is 6.92 Å². The van der Waals surface area contributed by atoms with Crippen LogP contribution in [0.4, 0.5) is 5.69 Å². The van der Waals surface area contributed by atoms with Crippen LogP contribution in [0, 0.1) is 6.92 Å². The number of aromatic nitrogens is 2. The van der Waals surface area contributed by atoms with Crippen LogP contribution in [0.15, 0.2) is 59.5 Å². The van der Waals surface area contributed by atoms with Gasteiger partial charge in [-0.15, -0.1) is 0 Å². The van der Waals surface area contributed by atoms with E-state index in [2.05, 4.69) is 15.3 Å². The van der Waals surface area contributed by atoms with E-state index in [0.29, 0.717) is 22.1 Å². The van der Waals surface area contributed by atoms with Gasteiger partial charge < -0.3 is 10.3 Å². The number of aromatic amines is 1. The molecule has 0 aliphatic carbocycles. The van der Waals surface area contributed by atoms with Crippen LogP contribution in [0.2, 0.25) is 5.02 Å². The first kappa shape index (κ1) is 16.0. The fourth-order valence-electron chi connectivity index (χ4n) is 2.15. The number of nitrogens with zero attached hydrogens (tertiary/aromatic N) is 1. The third-order valence-electron chi connectivity index (χ3n) is 3.47. The van der Waals surface area contributed by atoms with Crippen LogP contribution < -0.4 is 10.9 Å². The molecule has 0 radical (unpaired) electrons. The lowest BCUT2D eigenvalue weighted by Crippen LogP contribution is -2.24. The van der Waals surface area contributed by atoms with Gasteiger partial charge in [-0.05, 0) is 43.3 Å². The molecule has 3 rings (SSSR count). The Balaban J connectivity index is 1.84. The number of halogens is 1. The van der Waals surface area contributed by atoms with E-state index in [1.807, 2.05) is 19.1 Å². The van der Waals surface area contributed by atoms with Gasteiger partial charge in [0.1, 0.15) is 11.4 Å². The minimum Gasteiger partial charge on any atom is -0.322 e. The summed E-state index contributed by atoms with van der Waals surface area (Å²) in [6.45, 7) is 1.95. The Bertz CT molecular complexity index is 932. The highest BCUT2D eigenvalue weighted by molar-refractivity contribution is 6.30. The van der Waals surface area contributed by atoms with Gasteiger partial charge >= 0.3 is 0 Å². The van der Waals surface area contributed by atoms with E-state index < -0.39 is 11.5 Å². The van der Waals surface area contributed by atoms with Crippen molar-refractivity contribution in [2.75, 3.05) is 5.32 Å². The molecular formula is C18H14ClN3O2. The fraction of sp³-hybridized carbons (Fsp3) is 0.0556. The average Bonchev–Trinajstić information content (AvgIpc) is 2.57. The molecule has 2 aromatic carbocycles. The highest BCUT2D eigenvalue weighted by Crippen LogP contribution is 2.17. The maximum atomic E-state index is 12.2. The molecule has 1 amide bonds. The van der Waals surface area contributed by atoms with Crippen molar-refractivity contribution < 1.29 is 4.79 Å². The zero-order valence-electron chi connectivity index (χ0n) is 12.8. The molecular weight excluding hydrogens is 326 g/mol. The Morgan fingerprint density at radius 1 is 1.08 bits per heavy atom. The van der Waals surface area contributed by atoms with Gasteiger partial charge in [-0.3, -0.25) is 9.59 Å². The summed E-state index contributed by atoms with van der Waals surface area (Å²) in [6.07, 6.45) is 1.27. The number of hydrogen-bond donors (Lipinski definition) is 2. The molecule has 0 spiro atoms. The number of benzene rings is 2. The summed E-state index contributed by atoms with van der Waals surface area (Å²) >= 11 is 5.84. The summed E-state index contributed by atoms with van der Waals surface area (Å²) in [7, 11) is 0. The molecule has 0 saturated carbocycles. The number of hydrogen-bond acceptors (Lipinski definition) is 3. The van der Waals surface area contributed by atoms with E-state index in [-0.39, 0.29) is 5.56 Å². The quantitative estimate of drug-likeness (QED) is 0.764. The lowest BCUT2D eigenvalue weighted by atomic mass is 10.2. The lowest BCUT2D eigenvalue weighted by Gasteiger charge is -2.06. The van der Waals surface area contributed by atoms with Crippen molar-refractivity contribution in [1.82, 2.24) is 9.97 Å². The van der Waals surface area contributed by atoms with Crippen LogP contribution in [0.5, 0.6) is 0 Å². The molecule has 6 heteroatoms. The first-order chi connectivity index (χ1) is 11.5. The predicted octanol–water partition coefficient (Wildman–Crippen LogP) is 3.65. The average molecular weight is 340 g/mol. The second-order valence-electron chi connectivity index (χ2n) is 5.30. The highest BCUT2D eigenvalue weighted by Gasteiger charge is 2.13. The van der Waals surface area contributed by atoms with Gasteiger partial charge in [0.05, 0.1) is 0 Å². The summed E-state index contributed by atoms with van der Waals surface area (Å²) in [5, 5.41) is 3.27. The van der Waals surface area contributed by atoms with Gasteiger partial charge in [0.25, 0.3) is 11.5 Å². The second-order valence-corrected chi connectivity index (χ2v) is 5.74. The van der Waals surface area contributed by atoms with Gasteiger partial charge in [0.2, 0.25) is 0 Å². The summed E-state index contributed by atoms with van der Waals surface area (Å²) in [5.41, 5.74) is 1.86. The van der Waals surface area contributed by atoms with Crippen LogP contribution in [0.3, 0.4) is 0 Å². The van der Waals surface area contributed by atoms with Gasteiger partial charge in [0.15, 0.2) is 0 Å². The van der Waals surface area contributed by atoms with Crippen molar-refractivity contribution in [2.24, 2.45) is 0 Å². The topological polar surface area (TPSA) is 74.8 Å². The summed E-state index contributed by atoms with van der Waals surface area (Å²) in [5.74, 6) is -0.126. The first-order valence-corrected chi connectivity index (χ1v) is 7.64. The molecule has 1 aromatic heterocycles. The van der Waals surface area contributed by atoms with E-state index >= 15 is 0 Å². The Morgan fingerprint density at radius 2 is 1.75 bits per heavy atom. The number of carbonyl (C=O) groups excluding carboxylic acids is 1. The normalized spacial score (nSPS) is 10.4. The molecule has 120 valence electrons. The highest BCUT2D eigenvalue weighted by atomic mass is 35.5. The smallest absolute Gasteiger partial charge is 0.264 e. The molecule has 1 heterocycles. The summed E-state index contributed by atoms with van der Waals surface area (Å²) < 4.78 is 0. The number of rotatable bonds is 3. The van der Waals surface area contributed by atoms with Crippen LogP contribution >= 0.6 is 11.6 Å². The molecule has 0 bridgehead atoms. The minimum absolute atomic E-state index is 0.0479. The fourth-order valence-corrected chi connectivity index (χ4v) is 2.27. The van der Waals surface area contributed by atoms with Crippen molar-refractivity contribution in [3.63, 3.8) is 0 Å². The zero-order chi connectivity index (χ0) is 17.1. The van der Waals surface area contributed by atoms with Crippen LogP contribution in [-0.2, 0) is 0 Å². The Hall–Kier alpha value is -2.92. The van der Waals surface area contributed by atoms with E-state index in [9.17, 15) is 9.59 Å². The predicted molar refractivity (Wildman–Crippen MR) is 94.4 cm³/mol. The van der Waals surface area contributed by atoms with Crippen LogP contribution in [0.25, 0.3) is 11.4 Å². The zero-order valence-corrected chi connectivity index (χ0v) is 13.6. The lowest BCUT2D eigenvalue weighted by molar-refractivity contribution is 0.102. The molecule has 24 heavy (non-hydrogen) atoms. The molecule has 3 aromatic rings. The first-order valence-electron chi connectivity index (χ1n) is 7.26. The van der Waals surface area contributed by atoms with Crippen LogP contribution in [0.1, 0.15) is 15.9 Å². The van der Waals surface area contributed by atoms with E-state index in [4.69, 9.17) is 11.6 Å². The maximum Gasteiger partial charge on any atom is 0.264 e. The molecule has 0 saturated heterocycles. The number of amides is 1. The second kappa shape index (κ2) is 6.68. The maximum absolute atomic E-state index is 12.2. The molecule has 0 atom stereocenters. The number of carbonyl (C=O) groups is 1. The minimum atomic E-state index is -0.504. The molecule has 2 N–H and O–H groups in total. The van der Waals surface area contributed by atoms with E-state index in [1.165, 1.54) is 6.20 Å². The monoisotopic (exact) mass is 339 g/mol. The third kappa shape index (κ3) is 3.52. The van der Waals surface area contributed by atoms with Crippen molar-refractivity contribution >= 4 is 23.2 Å². The molecule has 5 nitrogen and oxygen atoms in total. The van der Waals surface area contributed by atoms with Gasteiger partial charge in [-0.2, -0.15) is 0 Å². The van der Waals surface area contributed by atoms with Gasteiger partial charge in [-0.1, -0.05) is 29.3 Å².